The van der Waals surface area contributed by atoms with E-state index in [1.54, 1.807) is 18.3 Å². The van der Waals surface area contributed by atoms with Gasteiger partial charge in [-0.05, 0) is 43.0 Å². The Hall–Kier alpha value is -3.09. The third kappa shape index (κ3) is 6.57. The molecule has 0 radical (unpaired) electrons. The number of amides is 2. The SMILES string of the molecule is O=C(CCn1ccccc1=O)NCCc1ccc(OCC(=O)NC2CC2)cc1. The lowest BCUT2D eigenvalue weighted by atomic mass is 10.1. The minimum Gasteiger partial charge on any atom is -0.484 e. The quantitative estimate of drug-likeness (QED) is 0.646. The molecule has 148 valence electrons. The molecule has 1 aliphatic rings. The van der Waals surface area contributed by atoms with E-state index >= 15 is 0 Å². The molecule has 0 unspecified atom stereocenters. The average molecular weight is 383 g/mol. The molecule has 1 aromatic carbocycles. The van der Waals surface area contributed by atoms with Gasteiger partial charge in [-0.2, -0.15) is 0 Å². The van der Waals surface area contributed by atoms with Gasteiger partial charge < -0.3 is 19.9 Å². The van der Waals surface area contributed by atoms with Crippen molar-refractivity contribution in [3.05, 3.63) is 64.6 Å². The molecule has 2 N–H and O–H groups in total. The number of nitrogens with zero attached hydrogens (tertiary/aromatic N) is 1. The Labute approximate surface area is 163 Å². The van der Waals surface area contributed by atoms with Gasteiger partial charge >= 0.3 is 0 Å². The second kappa shape index (κ2) is 9.73. The number of carbonyl (C=O) groups is 2. The molecule has 28 heavy (non-hydrogen) atoms. The van der Waals surface area contributed by atoms with Crippen LogP contribution in [0.1, 0.15) is 24.8 Å². The number of pyridine rings is 1. The minimum absolute atomic E-state index is 0.0242. The molecule has 1 fully saturated rings. The highest BCUT2D eigenvalue weighted by atomic mass is 16.5. The lowest BCUT2D eigenvalue weighted by molar-refractivity contribution is -0.123. The number of carbonyl (C=O) groups excluding carboxylic acids is 2. The van der Waals surface area contributed by atoms with Crippen LogP contribution in [0.5, 0.6) is 5.75 Å². The fourth-order valence-electron chi connectivity index (χ4n) is 2.70. The third-order valence-corrected chi connectivity index (χ3v) is 4.45. The lowest BCUT2D eigenvalue weighted by Gasteiger charge is -2.09. The second-order valence-electron chi connectivity index (χ2n) is 6.86. The summed E-state index contributed by atoms with van der Waals surface area (Å²) in [5.74, 6) is 0.469. The van der Waals surface area contributed by atoms with Crippen LogP contribution in [0.3, 0.4) is 0 Å². The molecule has 0 spiro atoms. The summed E-state index contributed by atoms with van der Waals surface area (Å²) in [5.41, 5.74) is 0.956. The van der Waals surface area contributed by atoms with Crippen LogP contribution in [-0.2, 0) is 22.6 Å². The summed E-state index contributed by atoms with van der Waals surface area (Å²) in [6.07, 6.45) is 4.75. The Morgan fingerprint density at radius 2 is 1.86 bits per heavy atom. The monoisotopic (exact) mass is 383 g/mol. The van der Waals surface area contributed by atoms with E-state index in [1.807, 2.05) is 24.3 Å². The van der Waals surface area contributed by atoms with Crippen molar-refractivity contribution in [3.8, 4) is 5.75 Å². The predicted octanol–water partition coefficient (Wildman–Crippen LogP) is 1.25. The van der Waals surface area contributed by atoms with E-state index in [1.165, 1.54) is 10.6 Å². The number of hydrogen-bond donors (Lipinski definition) is 2. The van der Waals surface area contributed by atoms with Crippen molar-refractivity contribution in [1.29, 1.82) is 0 Å². The molecule has 3 rings (SSSR count). The van der Waals surface area contributed by atoms with Crippen molar-refractivity contribution in [2.45, 2.75) is 38.3 Å². The van der Waals surface area contributed by atoms with E-state index < -0.39 is 0 Å². The molecule has 0 bridgehead atoms. The Bertz CT molecular complexity index is 856. The molecular formula is C21H25N3O4. The maximum atomic E-state index is 11.9. The zero-order chi connectivity index (χ0) is 19.8. The zero-order valence-electron chi connectivity index (χ0n) is 15.7. The van der Waals surface area contributed by atoms with Crippen LogP contribution in [0.4, 0.5) is 0 Å². The molecule has 1 aromatic heterocycles. The normalized spacial score (nSPS) is 13.0. The molecular weight excluding hydrogens is 358 g/mol. The van der Waals surface area contributed by atoms with Gasteiger partial charge in [-0.25, -0.2) is 0 Å². The number of ether oxygens (including phenoxy) is 1. The Morgan fingerprint density at radius 3 is 2.57 bits per heavy atom. The first-order chi connectivity index (χ1) is 13.6. The maximum Gasteiger partial charge on any atom is 0.258 e. The van der Waals surface area contributed by atoms with Crippen molar-refractivity contribution in [2.24, 2.45) is 0 Å². The smallest absolute Gasteiger partial charge is 0.258 e. The number of benzene rings is 1. The van der Waals surface area contributed by atoms with Crippen molar-refractivity contribution < 1.29 is 14.3 Å². The fraction of sp³-hybridized carbons (Fsp3) is 0.381. The molecule has 0 aliphatic heterocycles. The molecule has 0 atom stereocenters. The summed E-state index contributed by atoms with van der Waals surface area (Å²) in [4.78, 5) is 35.1. The highest BCUT2D eigenvalue weighted by Crippen LogP contribution is 2.18. The topological polar surface area (TPSA) is 89.4 Å². The van der Waals surface area contributed by atoms with Gasteiger partial charge in [-0.1, -0.05) is 18.2 Å². The highest BCUT2D eigenvalue weighted by Gasteiger charge is 2.23. The van der Waals surface area contributed by atoms with Gasteiger partial charge in [0.25, 0.3) is 11.5 Å². The lowest BCUT2D eigenvalue weighted by Crippen LogP contribution is -2.30. The Balaban J connectivity index is 1.32. The summed E-state index contributed by atoms with van der Waals surface area (Å²) in [6, 6.07) is 12.7. The van der Waals surface area contributed by atoms with E-state index in [-0.39, 0.29) is 30.4 Å². The number of aromatic nitrogens is 1. The minimum atomic E-state index is -0.109. The van der Waals surface area contributed by atoms with Crippen LogP contribution in [0.25, 0.3) is 0 Å². The van der Waals surface area contributed by atoms with E-state index in [9.17, 15) is 14.4 Å². The van der Waals surface area contributed by atoms with Crippen LogP contribution in [-0.4, -0.2) is 35.6 Å². The van der Waals surface area contributed by atoms with Gasteiger partial charge in [0.15, 0.2) is 6.61 Å². The maximum absolute atomic E-state index is 11.9. The van der Waals surface area contributed by atoms with Crippen LogP contribution in [0, 0.1) is 0 Å². The highest BCUT2D eigenvalue weighted by molar-refractivity contribution is 5.78. The first-order valence-corrected chi connectivity index (χ1v) is 9.53. The fourth-order valence-corrected chi connectivity index (χ4v) is 2.70. The zero-order valence-corrected chi connectivity index (χ0v) is 15.7. The van der Waals surface area contributed by atoms with Crippen LogP contribution in [0.15, 0.2) is 53.5 Å². The second-order valence-corrected chi connectivity index (χ2v) is 6.86. The number of hydrogen-bond acceptors (Lipinski definition) is 4. The van der Waals surface area contributed by atoms with Gasteiger partial charge in [0.2, 0.25) is 5.91 Å². The van der Waals surface area contributed by atoms with Gasteiger partial charge in [-0.3, -0.25) is 14.4 Å². The summed E-state index contributed by atoms with van der Waals surface area (Å²) in [6.45, 7) is 0.911. The van der Waals surface area contributed by atoms with Crippen molar-refractivity contribution >= 4 is 11.8 Å². The van der Waals surface area contributed by atoms with Crippen LogP contribution < -0.4 is 20.9 Å². The van der Waals surface area contributed by atoms with Gasteiger partial charge in [0, 0.05) is 37.8 Å². The molecule has 1 saturated carbocycles. The van der Waals surface area contributed by atoms with Crippen LogP contribution >= 0.6 is 0 Å². The average Bonchev–Trinajstić information content (AvgIpc) is 3.51. The molecule has 7 heteroatoms. The first kappa shape index (κ1) is 19.7. The molecule has 2 aromatic rings. The predicted molar refractivity (Wildman–Crippen MR) is 105 cm³/mol. The van der Waals surface area contributed by atoms with Gasteiger partial charge in [0.1, 0.15) is 5.75 Å². The number of nitrogens with one attached hydrogen (secondary N) is 2. The van der Waals surface area contributed by atoms with E-state index in [2.05, 4.69) is 10.6 Å². The summed E-state index contributed by atoms with van der Waals surface area (Å²) >= 11 is 0. The molecule has 2 amide bonds. The van der Waals surface area contributed by atoms with Gasteiger partial charge in [0.05, 0.1) is 0 Å². The van der Waals surface area contributed by atoms with Gasteiger partial charge in [-0.15, -0.1) is 0 Å². The standard InChI is InChI=1S/C21H25N3O4/c25-19(11-14-24-13-2-1-3-21(24)27)22-12-10-16-4-8-18(9-5-16)28-15-20(26)23-17-6-7-17/h1-5,8-9,13,17H,6-7,10-12,14-15H2,(H,22,25)(H,23,26). The Morgan fingerprint density at radius 1 is 1.07 bits per heavy atom. The Kier molecular flexibility index (Phi) is 6.84. The van der Waals surface area contributed by atoms with E-state index in [0.717, 1.165) is 18.4 Å². The van der Waals surface area contributed by atoms with Crippen molar-refractivity contribution in [1.82, 2.24) is 15.2 Å². The van der Waals surface area contributed by atoms with E-state index in [4.69, 9.17) is 4.74 Å². The summed E-state index contributed by atoms with van der Waals surface area (Å²) in [5, 5.41) is 5.74. The number of rotatable bonds is 10. The largest absolute Gasteiger partial charge is 0.484 e. The summed E-state index contributed by atoms with van der Waals surface area (Å²) < 4.78 is 6.99. The third-order valence-electron chi connectivity index (χ3n) is 4.45. The number of aryl methyl sites for hydroxylation is 1. The van der Waals surface area contributed by atoms with Crippen LogP contribution in [0.2, 0.25) is 0 Å². The molecule has 7 nitrogen and oxygen atoms in total. The molecule has 1 aliphatic carbocycles. The van der Waals surface area contributed by atoms with Crippen molar-refractivity contribution in [2.75, 3.05) is 13.2 Å². The molecule has 1 heterocycles. The van der Waals surface area contributed by atoms with Crippen molar-refractivity contribution in [3.63, 3.8) is 0 Å². The first-order valence-electron chi connectivity index (χ1n) is 9.53. The summed E-state index contributed by atoms with van der Waals surface area (Å²) in [7, 11) is 0. The van der Waals surface area contributed by atoms with E-state index in [0.29, 0.717) is 31.3 Å². The molecule has 0 saturated heterocycles.